The number of hydrogen-bond donors (Lipinski definition) is 2. The fraction of sp³-hybridized carbons (Fsp3) is 0.588. The van der Waals surface area contributed by atoms with Crippen molar-refractivity contribution in [1.82, 2.24) is 10.6 Å². The maximum atomic E-state index is 12.2. The van der Waals surface area contributed by atoms with Gasteiger partial charge in [0.25, 0.3) is 0 Å². The molecule has 0 aliphatic carbocycles. The summed E-state index contributed by atoms with van der Waals surface area (Å²) < 4.78 is 0. The molecule has 2 N–H and O–H groups in total. The average molecular weight is 274 g/mol. The highest BCUT2D eigenvalue weighted by Gasteiger charge is 2.19. The molecule has 110 valence electrons. The molecule has 0 spiro atoms. The summed E-state index contributed by atoms with van der Waals surface area (Å²) in [5.74, 6) is 0.697. The third-order valence-corrected chi connectivity index (χ3v) is 3.99. The van der Waals surface area contributed by atoms with E-state index in [2.05, 4.69) is 29.7 Å². The van der Waals surface area contributed by atoms with E-state index in [-0.39, 0.29) is 11.9 Å². The molecule has 0 saturated carbocycles. The van der Waals surface area contributed by atoms with Crippen LogP contribution >= 0.6 is 0 Å². The van der Waals surface area contributed by atoms with Crippen LogP contribution in [0.1, 0.15) is 50.6 Å². The monoisotopic (exact) mass is 274 g/mol. The SMILES string of the molecule is CCCC(NC(=O)CC1CCCNC1)c1ccccc1. The second-order valence-electron chi connectivity index (χ2n) is 5.74. The van der Waals surface area contributed by atoms with Crippen LogP contribution in [-0.4, -0.2) is 19.0 Å². The molecule has 3 nitrogen and oxygen atoms in total. The van der Waals surface area contributed by atoms with Crippen LogP contribution in [-0.2, 0) is 4.79 Å². The minimum Gasteiger partial charge on any atom is -0.349 e. The van der Waals surface area contributed by atoms with E-state index in [9.17, 15) is 4.79 Å². The molecule has 0 aromatic heterocycles. The zero-order chi connectivity index (χ0) is 14.2. The van der Waals surface area contributed by atoms with E-state index in [1.165, 1.54) is 18.4 Å². The van der Waals surface area contributed by atoms with Gasteiger partial charge in [0.15, 0.2) is 0 Å². The van der Waals surface area contributed by atoms with Gasteiger partial charge in [0.1, 0.15) is 0 Å². The largest absolute Gasteiger partial charge is 0.349 e. The number of nitrogens with one attached hydrogen (secondary N) is 2. The maximum Gasteiger partial charge on any atom is 0.220 e. The molecule has 2 unspecified atom stereocenters. The van der Waals surface area contributed by atoms with Crippen molar-refractivity contribution in [3.63, 3.8) is 0 Å². The molecule has 0 bridgehead atoms. The molecule has 3 heteroatoms. The Morgan fingerprint density at radius 2 is 2.20 bits per heavy atom. The van der Waals surface area contributed by atoms with Crippen molar-refractivity contribution >= 4 is 5.91 Å². The van der Waals surface area contributed by atoms with Gasteiger partial charge in [0.05, 0.1) is 6.04 Å². The topological polar surface area (TPSA) is 41.1 Å². The summed E-state index contributed by atoms with van der Waals surface area (Å²) >= 11 is 0. The molecule has 1 aliphatic heterocycles. The van der Waals surface area contributed by atoms with Gasteiger partial charge in [-0.05, 0) is 43.8 Å². The summed E-state index contributed by atoms with van der Waals surface area (Å²) in [4.78, 5) is 12.2. The normalized spacial score (nSPS) is 20.4. The van der Waals surface area contributed by atoms with Crippen molar-refractivity contribution in [1.29, 1.82) is 0 Å². The fourth-order valence-electron chi connectivity index (χ4n) is 2.91. The molecular weight excluding hydrogens is 248 g/mol. The van der Waals surface area contributed by atoms with E-state index in [4.69, 9.17) is 0 Å². The van der Waals surface area contributed by atoms with Gasteiger partial charge in [-0.3, -0.25) is 4.79 Å². The van der Waals surface area contributed by atoms with E-state index < -0.39 is 0 Å². The number of hydrogen-bond acceptors (Lipinski definition) is 2. The molecule has 1 saturated heterocycles. The second kappa shape index (κ2) is 8.05. The Balaban J connectivity index is 1.88. The molecule has 1 fully saturated rings. The Bertz CT molecular complexity index is 399. The highest BCUT2D eigenvalue weighted by atomic mass is 16.1. The first kappa shape index (κ1) is 15.0. The zero-order valence-electron chi connectivity index (χ0n) is 12.4. The van der Waals surface area contributed by atoms with E-state index in [1.807, 2.05) is 18.2 Å². The minimum atomic E-state index is 0.158. The standard InChI is InChI=1S/C17H26N2O/c1-2-7-16(15-9-4-3-5-10-15)19-17(20)12-14-8-6-11-18-13-14/h3-5,9-10,14,16,18H,2,6-8,11-13H2,1H3,(H,19,20). The molecule has 1 amide bonds. The smallest absolute Gasteiger partial charge is 0.220 e. The van der Waals surface area contributed by atoms with Gasteiger partial charge in [0.2, 0.25) is 5.91 Å². The highest BCUT2D eigenvalue weighted by molar-refractivity contribution is 5.76. The summed E-state index contributed by atoms with van der Waals surface area (Å²) in [6, 6.07) is 10.4. The van der Waals surface area contributed by atoms with E-state index in [0.29, 0.717) is 12.3 Å². The number of carbonyl (C=O) groups excluding carboxylic acids is 1. The summed E-state index contributed by atoms with van der Waals surface area (Å²) in [5, 5.41) is 6.59. The van der Waals surface area contributed by atoms with E-state index in [0.717, 1.165) is 25.9 Å². The molecule has 1 heterocycles. The Hall–Kier alpha value is -1.35. The lowest BCUT2D eigenvalue weighted by atomic mass is 9.95. The molecule has 1 aromatic carbocycles. The van der Waals surface area contributed by atoms with Crippen LogP contribution < -0.4 is 10.6 Å². The molecule has 1 aliphatic rings. The van der Waals surface area contributed by atoms with Gasteiger partial charge in [0, 0.05) is 6.42 Å². The second-order valence-corrected chi connectivity index (χ2v) is 5.74. The van der Waals surface area contributed by atoms with Crippen LogP contribution in [0.25, 0.3) is 0 Å². The fourth-order valence-corrected chi connectivity index (χ4v) is 2.91. The lowest BCUT2D eigenvalue weighted by molar-refractivity contribution is -0.123. The van der Waals surface area contributed by atoms with Crippen molar-refractivity contribution in [2.75, 3.05) is 13.1 Å². The summed E-state index contributed by atoms with van der Waals surface area (Å²) in [7, 11) is 0. The third kappa shape index (κ3) is 4.64. The number of piperidine rings is 1. The summed E-state index contributed by atoms with van der Waals surface area (Å²) in [6.45, 7) is 4.24. The molecule has 2 rings (SSSR count). The molecule has 0 radical (unpaired) electrons. The van der Waals surface area contributed by atoms with E-state index in [1.54, 1.807) is 0 Å². The van der Waals surface area contributed by atoms with Gasteiger partial charge >= 0.3 is 0 Å². The van der Waals surface area contributed by atoms with Crippen molar-refractivity contribution < 1.29 is 4.79 Å². The quantitative estimate of drug-likeness (QED) is 0.837. The molecule has 20 heavy (non-hydrogen) atoms. The summed E-state index contributed by atoms with van der Waals surface area (Å²) in [5.41, 5.74) is 1.21. The van der Waals surface area contributed by atoms with Crippen molar-refractivity contribution in [3.8, 4) is 0 Å². The zero-order valence-corrected chi connectivity index (χ0v) is 12.4. The average Bonchev–Trinajstić information content (AvgIpc) is 2.49. The Kier molecular flexibility index (Phi) is 6.06. The van der Waals surface area contributed by atoms with Crippen molar-refractivity contribution in [3.05, 3.63) is 35.9 Å². The van der Waals surface area contributed by atoms with Crippen molar-refractivity contribution in [2.45, 2.75) is 45.1 Å². The lowest BCUT2D eigenvalue weighted by Crippen LogP contribution is -2.35. The third-order valence-electron chi connectivity index (χ3n) is 3.99. The first-order chi connectivity index (χ1) is 9.79. The molecule has 2 atom stereocenters. The predicted octanol–water partition coefficient (Wildman–Crippen LogP) is 3.03. The number of carbonyl (C=O) groups is 1. The van der Waals surface area contributed by atoms with Crippen LogP contribution in [0.3, 0.4) is 0 Å². The van der Waals surface area contributed by atoms with E-state index >= 15 is 0 Å². The predicted molar refractivity (Wildman–Crippen MR) is 82.4 cm³/mol. The first-order valence-corrected chi connectivity index (χ1v) is 7.84. The van der Waals surface area contributed by atoms with Gasteiger partial charge < -0.3 is 10.6 Å². The van der Waals surface area contributed by atoms with Crippen LogP contribution in [0.5, 0.6) is 0 Å². The Labute approximate surface area is 122 Å². The van der Waals surface area contributed by atoms with Crippen LogP contribution in [0, 0.1) is 5.92 Å². The summed E-state index contributed by atoms with van der Waals surface area (Å²) in [6.07, 6.45) is 5.09. The van der Waals surface area contributed by atoms with Crippen LogP contribution in [0.2, 0.25) is 0 Å². The highest BCUT2D eigenvalue weighted by Crippen LogP contribution is 2.20. The van der Waals surface area contributed by atoms with Crippen molar-refractivity contribution in [2.24, 2.45) is 5.92 Å². The lowest BCUT2D eigenvalue weighted by Gasteiger charge is -2.24. The Morgan fingerprint density at radius 1 is 1.40 bits per heavy atom. The number of amides is 1. The number of rotatable bonds is 6. The van der Waals surface area contributed by atoms with Gasteiger partial charge in [-0.1, -0.05) is 43.7 Å². The Morgan fingerprint density at radius 3 is 2.85 bits per heavy atom. The van der Waals surface area contributed by atoms with Crippen LogP contribution in [0.4, 0.5) is 0 Å². The number of benzene rings is 1. The first-order valence-electron chi connectivity index (χ1n) is 7.84. The minimum absolute atomic E-state index is 0.158. The van der Waals surface area contributed by atoms with Gasteiger partial charge in [-0.15, -0.1) is 0 Å². The molecular formula is C17H26N2O. The van der Waals surface area contributed by atoms with Gasteiger partial charge in [-0.25, -0.2) is 0 Å². The molecule has 1 aromatic rings. The maximum absolute atomic E-state index is 12.2. The van der Waals surface area contributed by atoms with Gasteiger partial charge in [-0.2, -0.15) is 0 Å². The van der Waals surface area contributed by atoms with Crippen LogP contribution in [0.15, 0.2) is 30.3 Å².